The zero-order chi connectivity index (χ0) is 22.9. The Kier molecular flexibility index (Phi) is 6.92. The van der Waals surface area contributed by atoms with Crippen molar-refractivity contribution in [1.82, 2.24) is 19.1 Å². The second-order valence-electron chi connectivity index (χ2n) is 8.99. The summed E-state index contributed by atoms with van der Waals surface area (Å²) >= 11 is 1.37. The van der Waals surface area contributed by atoms with Crippen molar-refractivity contribution >= 4 is 33.4 Å². The summed E-state index contributed by atoms with van der Waals surface area (Å²) in [5, 5.41) is 12.1. The van der Waals surface area contributed by atoms with Gasteiger partial charge in [0.1, 0.15) is 5.82 Å². The fraction of sp³-hybridized carbons (Fsp3) is 0.591. The van der Waals surface area contributed by atoms with Crippen LogP contribution in [0.4, 0.5) is 5.69 Å². The number of anilines is 1. The Morgan fingerprint density at radius 3 is 2.38 bits per heavy atom. The molecule has 1 N–H and O–H groups in total. The van der Waals surface area contributed by atoms with Gasteiger partial charge in [-0.1, -0.05) is 25.6 Å². The number of piperidine rings is 1. The highest BCUT2D eigenvalue weighted by atomic mass is 32.2. The van der Waals surface area contributed by atoms with Gasteiger partial charge in [-0.05, 0) is 62.3 Å². The van der Waals surface area contributed by atoms with Gasteiger partial charge in [-0.3, -0.25) is 4.79 Å². The zero-order valence-electron chi connectivity index (χ0n) is 18.8. The van der Waals surface area contributed by atoms with E-state index >= 15 is 0 Å². The quantitative estimate of drug-likeness (QED) is 0.584. The molecule has 8 nitrogen and oxygen atoms in total. The Labute approximate surface area is 194 Å². The summed E-state index contributed by atoms with van der Waals surface area (Å²) in [6.45, 7) is 8.11. The summed E-state index contributed by atoms with van der Waals surface area (Å²) in [4.78, 5) is 12.7. The second kappa shape index (κ2) is 9.52. The van der Waals surface area contributed by atoms with E-state index in [9.17, 15) is 13.2 Å². The number of aromatic nitrogens is 3. The lowest BCUT2D eigenvalue weighted by Crippen LogP contribution is -2.42. The highest BCUT2D eigenvalue weighted by Crippen LogP contribution is 2.40. The standard InChI is InChI=1S/C22H31N5O3S2/c1-4-27-21(17-5-6-17)24-25-22(27)31-14-20(28)23-18-7-9-19(10-8-18)32(29,30)26-12-15(2)11-16(3)13-26/h7-10,15-17H,4-6,11-14H2,1-3H3,(H,23,28)/t15-,16+. The van der Waals surface area contributed by atoms with Crippen molar-refractivity contribution in [3.8, 4) is 0 Å². The number of amides is 1. The number of nitrogens with one attached hydrogen (secondary N) is 1. The third-order valence-electron chi connectivity index (χ3n) is 5.95. The molecular weight excluding hydrogens is 446 g/mol. The highest BCUT2D eigenvalue weighted by molar-refractivity contribution is 7.99. The van der Waals surface area contributed by atoms with Gasteiger partial charge in [0.25, 0.3) is 0 Å². The van der Waals surface area contributed by atoms with Crippen LogP contribution in [0.1, 0.15) is 51.8 Å². The van der Waals surface area contributed by atoms with E-state index in [2.05, 4.69) is 40.9 Å². The number of nitrogens with zero attached hydrogens (tertiary/aromatic N) is 4. The summed E-state index contributed by atoms with van der Waals surface area (Å²) in [7, 11) is -3.53. The first-order valence-electron chi connectivity index (χ1n) is 11.2. The maximum atomic E-state index is 13.0. The summed E-state index contributed by atoms with van der Waals surface area (Å²) in [6.07, 6.45) is 3.36. The predicted molar refractivity (Wildman–Crippen MR) is 125 cm³/mol. The number of carbonyl (C=O) groups is 1. The Morgan fingerprint density at radius 1 is 1.12 bits per heavy atom. The monoisotopic (exact) mass is 477 g/mol. The molecule has 1 aromatic heterocycles. The molecule has 174 valence electrons. The van der Waals surface area contributed by atoms with E-state index in [0.717, 1.165) is 36.8 Å². The van der Waals surface area contributed by atoms with Gasteiger partial charge < -0.3 is 9.88 Å². The Bertz CT molecular complexity index is 1050. The molecule has 1 amide bonds. The lowest BCUT2D eigenvalue weighted by Gasteiger charge is -2.34. The number of thioether (sulfide) groups is 1. The molecule has 32 heavy (non-hydrogen) atoms. The van der Waals surface area contributed by atoms with Crippen LogP contribution in [-0.4, -0.2) is 52.2 Å². The molecular formula is C22H31N5O3S2. The fourth-order valence-corrected chi connectivity index (χ4v) is 6.83. The first-order chi connectivity index (χ1) is 15.3. The predicted octanol–water partition coefficient (Wildman–Crippen LogP) is 3.57. The first-order valence-corrected chi connectivity index (χ1v) is 13.7. The first kappa shape index (κ1) is 23.3. The van der Waals surface area contributed by atoms with E-state index in [1.54, 1.807) is 28.6 Å². The molecule has 10 heteroatoms. The molecule has 4 rings (SSSR count). The Balaban J connectivity index is 1.35. The van der Waals surface area contributed by atoms with Gasteiger partial charge in [0.2, 0.25) is 15.9 Å². The van der Waals surface area contributed by atoms with E-state index in [-0.39, 0.29) is 16.6 Å². The molecule has 2 atom stereocenters. The number of benzene rings is 1. The minimum absolute atomic E-state index is 0.164. The van der Waals surface area contributed by atoms with E-state index in [4.69, 9.17) is 0 Å². The van der Waals surface area contributed by atoms with Crippen molar-refractivity contribution < 1.29 is 13.2 Å². The van der Waals surface area contributed by atoms with Crippen LogP contribution >= 0.6 is 11.8 Å². The van der Waals surface area contributed by atoms with Gasteiger partial charge in [-0.15, -0.1) is 10.2 Å². The van der Waals surface area contributed by atoms with Crippen molar-refractivity contribution in [2.45, 2.75) is 62.5 Å². The number of hydrogen-bond donors (Lipinski definition) is 1. The lowest BCUT2D eigenvalue weighted by molar-refractivity contribution is -0.113. The minimum Gasteiger partial charge on any atom is -0.325 e. The van der Waals surface area contributed by atoms with Crippen LogP contribution in [0.2, 0.25) is 0 Å². The maximum absolute atomic E-state index is 13.0. The molecule has 2 fully saturated rings. The van der Waals surface area contributed by atoms with Crippen LogP contribution in [0.25, 0.3) is 0 Å². The van der Waals surface area contributed by atoms with Crippen molar-refractivity contribution in [1.29, 1.82) is 0 Å². The number of hydrogen-bond acceptors (Lipinski definition) is 6. The van der Waals surface area contributed by atoms with E-state index < -0.39 is 10.0 Å². The molecule has 0 radical (unpaired) electrons. The molecule has 1 saturated heterocycles. The third-order valence-corrected chi connectivity index (χ3v) is 8.76. The van der Waals surface area contributed by atoms with Crippen LogP contribution in [0.15, 0.2) is 34.3 Å². The van der Waals surface area contributed by atoms with Gasteiger partial charge in [0.15, 0.2) is 5.16 Å². The molecule has 0 spiro atoms. The average molecular weight is 478 g/mol. The summed E-state index contributed by atoms with van der Waals surface area (Å²) in [6, 6.07) is 6.42. The van der Waals surface area contributed by atoms with Crippen molar-refractivity contribution in [2.24, 2.45) is 11.8 Å². The fourth-order valence-electron chi connectivity index (χ4n) is 4.34. The largest absolute Gasteiger partial charge is 0.325 e. The van der Waals surface area contributed by atoms with E-state index in [1.807, 2.05) is 0 Å². The SMILES string of the molecule is CCn1c(SCC(=O)Nc2ccc(S(=O)(=O)N3C[C@H](C)C[C@H](C)C3)cc2)nnc1C1CC1. The van der Waals surface area contributed by atoms with Crippen molar-refractivity contribution in [2.75, 3.05) is 24.2 Å². The Morgan fingerprint density at radius 2 is 1.78 bits per heavy atom. The normalized spacial score (nSPS) is 22.1. The molecule has 1 aliphatic carbocycles. The number of sulfonamides is 1. The molecule has 1 aliphatic heterocycles. The summed E-state index contributed by atoms with van der Waals surface area (Å²) in [5.41, 5.74) is 0.575. The lowest BCUT2D eigenvalue weighted by atomic mass is 9.94. The summed E-state index contributed by atoms with van der Waals surface area (Å²) < 4.78 is 29.7. The van der Waals surface area contributed by atoms with Crippen LogP contribution in [0.5, 0.6) is 0 Å². The topological polar surface area (TPSA) is 97.2 Å². The van der Waals surface area contributed by atoms with Gasteiger partial charge in [-0.25, -0.2) is 8.42 Å². The third kappa shape index (κ3) is 5.18. The number of rotatable bonds is 8. The van der Waals surface area contributed by atoms with Gasteiger partial charge >= 0.3 is 0 Å². The molecule has 2 aromatic rings. The van der Waals surface area contributed by atoms with Gasteiger partial charge in [0, 0.05) is 31.2 Å². The summed E-state index contributed by atoms with van der Waals surface area (Å²) in [5.74, 6) is 2.28. The Hall–Kier alpha value is -1.91. The van der Waals surface area contributed by atoms with E-state index in [1.165, 1.54) is 11.8 Å². The molecule has 0 unspecified atom stereocenters. The van der Waals surface area contributed by atoms with Crippen LogP contribution < -0.4 is 5.32 Å². The van der Waals surface area contributed by atoms with E-state index in [0.29, 0.717) is 36.5 Å². The zero-order valence-corrected chi connectivity index (χ0v) is 20.5. The molecule has 1 aromatic carbocycles. The van der Waals surface area contributed by atoms with Crippen LogP contribution in [0.3, 0.4) is 0 Å². The van der Waals surface area contributed by atoms with Crippen molar-refractivity contribution in [3.05, 3.63) is 30.1 Å². The van der Waals surface area contributed by atoms with Crippen LogP contribution in [-0.2, 0) is 21.4 Å². The molecule has 1 saturated carbocycles. The van der Waals surface area contributed by atoms with Gasteiger partial charge in [0.05, 0.1) is 10.6 Å². The molecule has 2 heterocycles. The second-order valence-corrected chi connectivity index (χ2v) is 11.9. The smallest absolute Gasteiger partial charge is 0.243 e. The minimum atomic E-state index is -3.53. The van der Waals surface area contributed by atoms with Crippen molar-refractivity contribution in [3.63, 3.8) is 0 Å². The van der Waals surface area contributed by atoms with Crippen LogP contribution in [0, 0.1) is 11.8 Å². The molecule has 0 bridgehead atoms. The van der Waals surface area contributed by atoms with Gasteiger partial charge in [-0.2, -0.15) is 4.31 Å². The number of carbonyl (C=O) groups excluding carboxylic acids is 1. The average Bonchev–Trinajstić information content (AvgIpc) is 3.51. The maximum Gasteiger partial charge on any atom is 0.243 e. The highest BCUT2D eigenvalue weighted by Gasteiger charge is 2.32. The molecule has 2 aliphatic rings.